The number of nitrogens with one attached hydrogen (secondary N) is 1. The van der Waals surface area contributed by atoms with Gasteiger partial charge < -0.3 is 5.11 Å². The molecule has 1 fully saturated rings. The van der Waals surface area contributed by atoms with Crippen molar-refractivity contribution in [3.63, 3.8) is 0 Å². The van der Waals surface area contributed by atoms with E-state index >= 15 is 0 Å². The molecule has 0 aliphatic carbocycles. The fourth-order valence-electron chi connectivity index (χ4n) is 2.55. The van der Waals surface area contributed by atoms with Crippen molar-refractivity contribution in [3.05, 3.63) is 28.2 Å². The molecule has 2 N–H and O–H groups in total. The molecule has 0 saturated carbocycles. The Morgan fingerprint density at radius 3 is 2.90 bits per heavy atom. The molecule has 0 bridgehead atoms. The molecule has 1 saturated heterocycles. The molecule has 5 nitrogen and oxygen atoms in total. The Kier molecular flexibility index (Phi) is 5.65. The van der Waals surface area contributed by atoms with Crippen molar-refractivity contribution in [2.45, 2.75) is 26.2 Å². The van der Waals surface area contributed by atoms with Crippen LogP contribution >= 0.6 is 15.9 Å². The lowest BCUT2D eigenvalue weighted by atomic mass is 10.0. The summed E-state index contributed by atoms with van der Waals surface area (Å²) in [6.07, 6.45) is 2.41. The number of aliphatic hydroxyl groups excluding tert-OH is 1. The molecule has 1 atom stereocenters. The minimum Gasteiger partial charge on any atom is -0.396 e. The van der Waals surface area contributed by atoms with Crippen molar-refractivity contribution >= 4 is 31.8 Å². The normalized spacial score (nSPS) is 20.4. The van der Waals surface area contributed by atoms with Gasteiger partial charge in [0.2, 0.25) is 0 Å². The number of hydrogen-bond donors (Lipinski definition) is 2. The third-order valence-corrected chi connectivity index (χ3v) is 5.75. The van der Waals surface area contributed by atoms with Crippen LogP contribution < -0.4 is 4.72 Å². The van der Waals surface area contributed by atoms with Gasteiger partial charge in [-0.2, -0.15) is 12.7 Å². The molecule has 0 amide bonds. The van der Waals surface area contributed by atoms with Crippen LogP contribution in [0.2, 0.25) is 0 Å². The number of aryl methyl sites for hydroxylation is 1. The molecule has 0 aromatic heterocycles. The molecule has 1 unspecified atom stereocenters. The van der Waals surface area contributed by atoms with E-state index in [9.17, 15) is 13.5 Å². The number of aliphatic hydroxyl groups is 1. The quantitative estimate of drug-likeness (QED) is 0.828. The maximum absolute atomic E-state index is 12.5. The molecule has 1 aliphatic heterocycles. The number of rotatable bonds is 5. The molecular formula is C14H21BrN2O3S. The lowest BCUT2D eigenvalue weighted by Gasteiger charge is -2.31. The van der Waals surface area contributed by atoms with Crippen LogP contribution in [0.5, 0.6) is 0 Å². The number of piperidine rings is 1. The maximum Gasteiger partial charge on any atom is 0.301 e. The van der Waals surface area contributed by atoms with E-state index in [1.807, 2.05) is 19.1 Å². The van der Waals surface area contributed by atoms with E-state index in [1.54, 1.807) is 6.07 Å². The molecule has 1 aliphatic rings. The van der Waals surface area contributed by atoms with Gasteiger partial charge in [-0.1, -0.05) is 22.9 Å². The first-order valence-electron chi connectivity index (χ1n) is 7.13. The summed E-state index contributed by atoms with van der Waals surface area (Å²) in [4.78, 5) is 0. The van der Waals surface area contributed by atoms with Gasteiger partial charge in [-0.3, -0.25) is 4.72 Å². The third-order valence-electron chi connectivity index (χ3n) is 3.77. The van der Waals surface area contributed by atoms with Crippen LogP contribution in [-0.4, -0.2) is 37.5 Å². The summed E-state index contributed by atoms with van der Waals surface area (Å²) >= 11 is 3.40. The largest absolute Gasteiger partial charge is 0.396 e. The Morgan fingerprint density at radius 2 is 2.24 bits per heavy atom. The second-order valence-corrected chi connectivity index (χ2v) is 7.90. The Hall–Kier alpha value is -0.630. The number of halogens is 1. The van der Waals surface area contributed by atoms with Gasteiger partial charge in [0.1, 0.15) is 0 Å². The lowest BCUT2D eigenvalue weighted by Crippen LogP contribution is -2.43. The first kappa shape index (κ1) is 16.7. The Labute approximate surface area is 134 Å². The van der Waals surface area contributed by atoms with Gasteiger partial charge in [0.15, 0.2) is 0 Å². The molecule has 2 rings (SSSR count). The topological polar surface area (TPSA) is 69.6 Å². The fraction of sp³-hybridized carbons (Fsp3) is 0.571. The zero-order valence-corrected chi connectivity index (χ0v) is 14.5. The molecule has 7 heteroatoms. The minimum atomic E-state index is -3.57. The monoisotopic (exact) mass is 376 g/mol. The predicted molar refractivity (Wildman–Crippen MR) is 87.4 cm³/mol. The van der Waals surface area contributed by atoms with Crippen LogP contribution in [0.15, 0.2) is 22.7 Å². The summed E-state index contributed by atoms with van der Waals surface area (Å²) in [6, 6.07) is 5.52. The van der Waals surface area contributed by atoms with Crippen molar-refractivity contribution in [1.82, 2.24) is 4.31 Å². The van der Waals surface area contributed by atoms with Gasteiger partial charge in [-0.25, -0.2) is 0 Å². The number of hydrogen-bond acceptors (Lipinski definition) is 3. The smallest absolute Gasteiger partial charge is 0.301 e. The Balaban J connectivity index is 2.17. The molecule has 0 radical (unpaired) electrons. The average molecular weight is 377 g/mol. The van der Waals surface area contributed by atoms with Gasteiger partial charge in [-0.15, -0.1) is 0 Å². The summed E-state index contributed by atoms with van der Waals surface area (Å²) < 4.78 is 30.0. The second-order valence-electron chi connectivity index (χ2n) is 5.31. The highest BCUT2D eigenvalue weighted by molar-refractivity contribution is 9.10. The molecule has 1 heterocycles. The number of benzene rings is 1. The Morgan fingerprint density at radius 1 is 1.48 bits per heavy atom. The number of anilines is 1. The van der Waals surface area contributed by atoms with Crippen LogP contribution in [0, 0.1) is 5.92 Å². The van der Waals surface area contributed by atoms with Crippen molar-refractivity contribution < 1.29 is 13.5 Å². The van der Waals surface area contributed by atoms with E-state index in [1.165, 1.54) is 4.31 Å². The van der Waals surface area contributed by atoms with E-state index in [0.29, 0.717) is 18.8 Å². The fourth-order valence-corrected chi connectivity index (χ4v) is 4.34. The minimum absolute atomic E-state index is 0.0323. The van der Waals surface area contributed by atoms with Gasteiger partial charge in [0, 0.05) is 24.2 Å². The van der Waals surface area contributed by atoms with Gasteiger partial charge >= 0.3 is 10.2 Å². The van der Waals surface area contributed by atoms with Crippen LogP contribution in [0.4, 0.5) is 5.69 Å². The van der Waals surface area contributed by atoms with Crippen LogP contribution in [0.3, 0.4) is 0 Å². The number of nitrogens with zero attached hydrogens (tertiary/aromatic N) is 1. The van der Waals surface area contributed by atoms with Crippen LogP contribution in [0.25, 0.3) is 0 Å². The molecule has 1 aromatic carbocycles. The third kappa shape index (κ3) is 4.18. The highest BCUT2D eigenvalue weighted by atomic mass is 79.9. The zero-order chi connectivity index (χ0) is 15.5. The molecule has 1 aromatic rings. The maximum atomic E-state index is 12.5. The predicted octanol–water partition coefficient (Wildman–Crippen LogP) is 2.37. The van der Waals surface area contributed by atoms with E-state index in [2.05, 4.69) is 20.7 Å². The van der Waals surface area contributed by atoms with Crippen LogP contribution in [-0.2, 0) is 16.6 Å². The lowest BCUT2D eigenvalue weighted by molar-refractivity contribution is 0.166. The van der Waals surface area contributed by atoms with E-state index in [-0.39, 0.29) is 12.5 Å². The molecule has 118 valence electrons. The zero-order valence-electron chi connectivity index (χ0n) is 12.0. The van der Waals surface area contributed by atoms with E-state index < -0.39 is 10.2 Å². The Bertz CT molecular complexity index is 592. The molecular weight excluding hydrogens is 356 g/mol. The van der Waals surface area contributed by atoms with Crippen molar-refractivity contribution in [2.24, 2.45) is 5.92 Å². The van der Waals surface area contributed by atoms with Crippen molar-refractivity contribution in [3.8, 4) is 0 Å². The first-order chi connectivity index (χ1) is 9.96. The highest BCUT2D eigenvalue weighted by Gasteiger charge is 2.28. The summed E-state index contributed by atoms with van der Waals surface area (Å²) in [5.41, 5.74) is 1.57. The highest BCUT2D eigenvalue weighted by Crippen LogP contribution is 2.25. The van der Waals surface area contributed by atoms with E-state index in [4.69, 9.17) is 0 Å². The molecule has 0 spiro atoms. The summed E-state index contributed by atoms with van der Waals surface area (Å²) in [7, 11) is -3.57. The van der Waals surface area contributed by atoms with Gasteiger partial charge in [0.25, 0.3) is 0 Å². The second kappa shape index (κ2) is 7.09. The van der Waals surface area contributed by atoms with Gasteiger partial charge in [-0.05, 0) is 48.9 Å². The summed E-state index contributed by atoms with van der Waals surface area (Å²) in [6.45, 7) is 2.90. The summed E-state index contributed by atoms with van der Waals surface area (Å²) in [5.74, 6) is 0.0332. The van der Waals surface area contributed by atoms with Crippen molar-refractivity contribution in [1.29, 1.82) is 0 Å². The summed E-state index contributed by atoms with van der Waals surface area (Å²) in [5, 5.41) is 9.23. The standard InChI is InChI=1S/C14H21BrN2O3S/c1-2-12-8-13(15)5-6-14(12)16-21(19,20)17-7-3-4-11(9-17)10-18/h5-6,8,11,16,18H,2-4,7,9-10H2,1H3. The first-order valence-corrected chi connectivity index (χ1v) is 9.36. The average Bonchev–Trinajstić information content (AvgIpc) is 2.49. The molecule has 21 heavy (non-hydrogen) atoms. The van der Waals surface area contributed by atoms with Crippen LogP contribution in [0.1, 0.15) is 25.3 Å². The van der Waals surface area contributed by atoms with Crippen molar-refractivity contribution in [2.75, 3.05) is 24.4 Å². The SMILES string of the molecule is CCc1cc(Br)ccc1NS(=O)(=O)N1CCCC(CO)C1. The van der Waals surface area contributed by atoms with Gasteiger partial charge in [0.05, 0.1) is 5.69 Å². The van der Waals surface area contributed by atoms with E-state index in [0.717, 1.165) is 29.3 Å².